The van der Waals surface area contributed by atoms with Gasteiger partial charge in [0.2, 0.25) is 0 Å². The fraction of sp³-hybridized carbons (Fsp3) is 0.130. The van der Waals surface area contributed by atoms with Gasteiger partial charge in [-0.3, -0.25) is 0 Å². The summed E-state index contributed by atoms with van der Waals surface area (Å²) in [6.45, 7) is 2.46. The van der Waals surface area contributed by atoms with Crippen molar-refractivity contribution in [3.05, 3.63) is 95.1 Å². The van der Waals surface area contributed by atoms with Crippen LogP contribution < -0.4 is 10.1 Å². The number of thiazole rings is 1. The van der Waals surface area contributed by atoms with Crippen molar-refractivity contribution in [3.63, 3.8) is 0 Å². The number of nitrogens with one attached hydrogen (secondary N) is 1. The van der Waals surface area contributed by atoms with E-state index in [1.807, 2.05) is 48.8 Å². The second-order valence-electron chi connectivity index (χ2n) is 6.49. The second-order valence-corrected chi connectivity index (χ2v) is 8.39. The van der Waals surface area contributed by atoms with Crippen LogP contribution in [0.2, 0.25) is 0 Å². The lowest BCUT2D eigenvalue weighted by molar-refractivity contribution is 0.306. The second kappa shape index (κ2) is 9.58. The number of rotatable bonds is 8. The molecule has 0 amide bonds. The highest BCUT2D eigenvalue weighted by molar-refractivity contribution is 7.98. The molecule has 0 unspecified atom stereocenters. The number of nitrogens with zero attached hydrogens (tertiary/aromatic N) is 2. The SMILES string of the molecule is Cc1csc(Nc2ncc(SCc3ccccc3)cc2OCc2ccccc2)n1. The van der Waals surface area contributed by atoms with Crippen LogP contribution >= 0.6 is 23.1 Å². The average Bonchev–Trinajstić information content (AvgIpc) is 3.18. The molecule has 4 rings (SSSR count). The van der Waals surface area contributed by atoms with Crippen molar-refractivity contribution in [2.24, 2.45) is 0 Å². The summed E-state index contributed by atoms with van der Waals surface area (Å²) >= 11 is 3.30. The van der Waals surface area contributed by atoms with Gasteiger partial charge < -0.3 is 10.1 Å². The quantitative estimate of drug-likeness (QED) is 0.332. The predicted molar refractivity (Wildman–Crippen MR) is 121 cm³/mol. The van der Waals surface area contributed by atoms with Crippen LogP contribution in [0.5, 0.6) is 5.75 Å². The number of aryl methyl sites for hydroxylation is 1. The van der Waals surface area contributed by atoms with E-state index in [-0.39, 0.29) is 0 Å². The molecule has 6 heteroatoms. The lowest BCUT2D eigenvalue weighted by atomic mass is 10.2. The summed E-state index contributed by atoms with van der Waals surface area (Å²) in [5, 5.41) is 6.11. The highest BCUT2D eigenvalue weighted by Gasteiger charge is 2.11. The number of aromatic nitrogens is 2. The van der Waals surface area contributed by atoms with Gasteiger partial charge in [-0.1, -0.05) is 60.7 Å². The Morgan fingerprint density at radius 3 is 2.41 bits per heavy atom. The Labute approximate surface area is 179 Å². The van der Waals surface area contributed by atoms with Crippen molar-refractivity contribution in [2.75, 3.05) is 5.32 Å². The van der Waals surface area contributed by atoms with E-state index in [4.69, 9.17) is 4.74 Å². The number of hydrogen-bond donors (Lipinski definition) is 1. The molecule has 2 heterocycles. The van der Waals surface area contributed by atoms with Crippen molar-refractivity contribution in [1.82, 2.24) is 9.97 Å². The molecule has 0 bridgehead atoms. The van der Waals surface area contributed by atoms with E-state index in [1.165, 1.54) is 5.56 Å². The van der Waals surface area contributed by atoms with Gasteiger partial charge in [0.15, 0.2) is 16.7 Å². The minimum Gasteiger partial charge on any atom is -0.485 e. The van der Waals surface area contributed by atoms with Crippen LogP contribution in [0.15, 0.2) is 83.2 Å². The molecule has 0 saturated carbocycles. The first-order valence-corrected chi connectivity index (χ1v) is 11.2. The number of thioether (sulfide) groups is 1. The molecule has 0 aliphatic heterocycles. The Hall–Kier alpha value is -2.83. The molecule has 0 atom stereocenters. The third-order valence-electron chi connectivity index (χ3n) is 4.16. The first-order valence-electron chi connectivity index (χ1n) is 9.29. The van der Waals surface area contributed by atoms with Crippen LogP contribution in [0.25, 0.3) is 0 Å². The third-order valence-corrected chi connectivity index (χ3v) is 6.07. The van der Waals surface area contributed by atoms with Crippen LogP contribution in [0, 0.1) is 6.92 Å². The Balaban J connectivity index is 1.52. The van der Waals surface area contributed by atoms with E-state index in [9.17, 15) is 0 Å². The van der Waals surface area contributed by atoms with Gasteiger partial charge in [0.05, 0.1) is 5.69 Å². The van der Waals surface area contributed by atoms with E-state index in [1.54, 1.807) is 23.1 Å². The smallest absolute Gasteiger partial charge is 0.188 e. The summed E-state index contributed by atoms with van der Waals surface area (Å²) in [6.07, 6.45) is 1.88. The van der Waals surface area contributed by atoms with Crippen molar-refractivity contribution >= 4 is 34.0 Å². The number of ether oxygens (including phenoxy) is 1. The molecule has 1 N–H and O–H groups in total. The Morgan fingerprint density at radius 1 is 1.00 bits per heavy atom. The molecule has 0 fully saturated rings. The van der Waals surface area contributed by atoms with Crippen molar-refractivity contribution in [2.45, 2.75) is 24.2 Å². The molecule has 2 aromatic heterocycles. The largest absolute Gasteiger partial charge is 0.485 e. The van der Waals surface area contributed by atoms with Gasteiger partial charge in [0.1, 0.15) is 6.61 Å². The Morgan fingerprint density at radius 2 is 1.72 bits per heavy atom. The fourth-order valence-corrected chi connectivity index (χ4v) is 4.23. The molecule has 2 aromatic carbocycles. The number of benzene rings is 2. The topological polar surface area (TPSA) is 47.0 Å². The molecule has 0 saturated heterocycles. The lowest BCUT2D eigenvalue weighted by Gasteiger charge is -2.13. The number of anilines is 2. The average molecular weight is 420 g/mol. The standard InChI is InChI=1S/C23H21N3OS2/c1-17-15-29-23(25-17)26-22-21(27-14-18-8-4-2-5-9-18)12-20(13-24-22)28-16-19-10-6-3-7-11-19/h2-13,15H,14,16H2,1H3,(H,24,25,26). The van der Waals surface area contributed by atoms with Gasteiger partial charge in [-0.15, -0.1) is 23.1 Å². The van der Waals surface area contributed by atoms with Crippen LogP contribution in [0.3, 0.4) is 0 Å². The molecule has 4 nitrogen and oxygen atoms in total. The molecule has 0 radical (unpaired) electrons. The molecule has 0 aliphatic carbocycles. The van der Waals surface area contributed by atoms with Gasteiger partial charge in [0.25, 0.3) is 0 Å². The Bertz CT molecular complexity index is 1050. The number of pyridine rings is 1. The number of hydrogen-bond acceptors (Lipinski definition) is 6. The van der Waals surface area contributed by atoms with Crippen molar-refractivity contribution < 1.29 is 4.74 Å². The summed E-state index contributed by atoms with van der Waals surface area (Å²) in [5.74, 6) is 2.29. The molecular weight excluding hydrogens is 398 g/mol. The van der Waals surface area contributed by atoms with E-state index >= 15 is 0 Å². The first kappa shape index (κ1) is 19.5. The minimum atomic E-state index is 0.487. The van der Waals surface area contributed by atoms with Crippen LogP contribution in [0.1, 0.15) is 16.8 Å². The van der Waals surface area contributed by atoms with Gasteiger partial charge >= 0.3 is 0 Å². The summed E-state index contributed by atoms with van der Waals surface area (Å²) in [6, 6.07) is 22.6. The fourth-order valence-electron chi connectivity index (χ4n) is 2.70. The van der Waals surface area contributed by atoms with Crippen LogP contribution in [-0.4, -0.2) is 9.97 Å². The maximum absolute atomic E-state index is 6.13. The van der Waals surface area contributed by atoms with E-state index in [0.717, 1.165) is 32.8 Å². The molecule has 0 spiro atoms. The normalized spacial score (nSPS) is 10.7. The highest BCUT2D eigenvalue weighted by Crippen LogP contribution is 2.33. The zero-order valence-corrected chi connectivity index (χ0v) is 17.7. The molecule has 29 heavy (non-hydrogen) atoms. The summed E-state index contributed by atoms with van der Waals surface area (Å²) < 4.78 is 6.13. The zero-order valence-electron chi connectivity index (χ0n) is 16.0. The summed E-state index contributed by atoms with van der Waals surface area (Å²) in [7, 11) is 0. The van der Waals surface area contributed by atoms with Gasteiger partial charge in [-0.25, -0.2) is 9.97 Å². The maximum atomic E-state index is 6.13. The molecular formula is C23H21N3OS2. The molecule has 0 aliphatic rings. The predicted octanol–water partition coefficient (Wildman–Crippen LogP) is 6.46. The molecule has 146 valence electrons. The van der Waals surface area contributed by atoms with Gasteiger partial charge in [-0.05, 0) is 24.1 Å². The van der Waals surface area contributed by atoms with Crippen LogP contribution in [0.4, 0.5) is 10.9 Å². The lowest BCUT2D eigenvalue weighted by Crippen LogP contribution is -2.01. The van der Waals surface area contributed by atoms with E-state index < -0.39 is 0 Å². The summed E-state index contributed by atoms with van der Waals surface area (Å²) in [4.78, 5) is 10.2. The molecule has 4 aromatic rings. The Kier molecular flexibility index (Phi) is 6.44. The monoisotopic (exact) mass is 419 g/mol. The van der Waals surface area contributed by atoms with E-state index in [2.05, 4.69) is 51.7 Å². The summed E-state index contributed by atoms with van der Waals surface area (Å²) in [5.41, 5.74) is 3.38. The highest BCUT2D eigenvalue weighted by atomic mass is 32.2. The zero-order chi connectivity index (χ0) is 19.9. The van der Waals surface area contributed by atoms with Gasteiger partial charge in [-0.2, -0.15) is 0 Å². The third kappa shape index (κ3) is 5.59. The maximum Gasteiger partial charge on any atom is 0.188 e. The van der Waals surface area contributed by atoms with Crippen molar-refractivity contribution in [3.8, 4) is 5.75 Å². The minimum absolute atomic E-state index is 0.487. The van der Waals surface area contributed by atoms with E-state index in [0.29, 0.717) is 12.4 Å². The first-order chi connectivity index (χ1) is 14.3. The van der Waals surface area contributed by atoms with Crippen molar-refractivity contribution in [1.29, 1.82) is 0 Å². The van der Waals surface area contributed by atoms with Gasteiger partial charge in [0, 0.05) is 22.2 Å². The van der Waals surface area contributed by atoms with Crippen LogP contribution in [-0.2, 0) is 12.4 Å².